The molecule has 0 bridgehead atoms. The van der Waals surface area contributed by atoms with Crippen molar-refractivity contribution in [2.24, 2.45) is 0 Å². The molecule has 0 saturated carbocycles. The van der Waals surface area contributed by atoms with Gasteiger partial charge in [0.25, 0.3) is 0 Å². The molecule has 94 valence electrons. The van der Waals surface area contributed by atoms with Crippen molar-refractivity contribution in [3.05, 3.63) is 35.9 Å². The van der Waals surface area contributed by atoms with Crippen LogP contribution in [-0.2, 0) is 16.0 Å². The van der Waals surface area contributed by atoms with Crippen LogP contribution >= 0.6 is 0 Å². The number of carboxylic acid groups (broad SMARTS) is 1. The Labute approximate surface area is 102 Å². The third kappa shape index (κ3) is 5.50. The minimum absolute atomic E-state index is 0.433. The average molecular weight is 236 g/mol. The number of aliphatic carboxylic acids is 1. The molecule has 0 aromatic heterocycles. The predicted molar refractivity (Wildman–Crippen MR) is 67.0 cm³/mol. The Hall–Kier alpha value is -1.35. The molecule has 0 aliphatic heterocycles. The molecule has 1 unspecified atom stereocenters. The summed E-state index contributed by atoms with van der Waals surface area (Å²) in [6.07, 6.45) is 2.82. The zero-order valence-corrected chi connectivity index (χ0v) is 10.3. The molecule has 17 heavy (non-hydrogen) atoms. The van der Waals surface area contributed by atoms with Crippen LogP contribution in [0.3, 0.4) is 0 Å². The highest BCUT2D eigenvalue weighted by atomic mass is 16.5. The summed E-state index contributed by atoms with van der Waals surface area (Å²) in [5, 5.41) is 9.07. The van der Waals surface area contributed by atoms with Crippen LogP contribution in [0.5, 0.6) is 0 Å². The molecule has 0 fully saturated rings. The zero-order valence-electron chi connectivity index (χ0n) is 10.3. The second kappa shape index (κ2) is 7.85. The lowest BCUT2D eigenvalue weighted by atomic mass is 10.1. The fourth-order valence-electron chi connectivity index (χ4n) is 1.62. The molecule has 3 nitrogen and oxygen atoms in total. The van der Waals surface area contributed by atoms with Gasteiger partial charge in [0.1, 0.15) is 0 Å². The fraction of sp³-hybridized carbons (Fsp3) is 0.500. The molecular weight excluding hydrogens is 216 g/mol. The van der Waals surface area contributed by atoms with E-state index >= 15 is 0 Å². The molecule has 1 aromatic rings. The lowest BCUT2D eigenvalue weighted by Gasteiger charge is -2.13. The number of ether oxygens (including phenoxy) is 1. The highest BCUT2D eigenvalue weighted by Crippen LogP contribution is 2.07. The van der Waals surface area contributed by atoms with E-state index < -0.39 is 12.1 Å². The highest BCUT2D eigenvalue weighted by Gasteiger charge is 2.18. The SMILES string of the molecule is CCCCCOC(Cc1ccccc1)C(=O)O. The quantitative estimate of drug-likeness (QED) is 0.706. The number of rotatable bonds is 8. The third-order valence-electron chi connectivity index (χ3n) is 2.61. The fourth-order valence-corrected chi connectivity index (χ4v) is 1.62. The van der Waals surface area contributed by atoms with E-state index in [1.54, 1.807) is 0 Å². The topological polar surface area (TPSA) is 46.5 Å². The maximum absolute atomic E-state index is 11.0. The largest absolute Gasteiger partial charge is 0.479 e. The Bertz CT molecular complexity index is 321. The summed E-state index contributed by atoms with van der Waals surface area (Å²) in [4.78, 5) is 11.0. The van der Waals surface area contributed by atoms with Crippen LogP contribution in [0, 0.1) is 0 Å². The van der Waals surface area contributed by atoms with Crippen molar-refractivity contribution in [2.45, 2.75) is 38.7 Å². The number of hydrogen-bond acceptors (Lipinski definition) is 2. The van der Waals surface area contributed by atoms with E-state index in [-0.39, 0.29) is 0 Å². The van der Waals surface area contributed by atoms with Crippen LogP contribution in [0.4, 0.5) is 0 Å². The molecule has 0 heterocycles. The van der Waals surface area contributed by atoms with Gasteiger partial charge in [-0.1, -0.05) is 50.1 Å². The summed E-state index contributed by atoms with van der Waals surface area (Å²) in [6, 6.07) is 9.58. The lowest BCUT2D eigenvalue weighted by molar-refractivity contribution is -0.150. The van der Waals surface area contributed by atoms with Gasteiger partial charge in [-0.25, -0.2) is 4.79 Å². The van der Waals surface area contributed by atoms with Crippen molar-refractivity contribution in [1.82, 2.24) is 0 Å². The van der Waals surface area contributed by atoms with E-state index in [9.17, 15) is 4.79 Å². The Balaban J connectivity index is 2.41. The number of hydrogen-bond donors (Lipinski definition) is 1. The van der Waals surface area contributed by atoms with Crippen molar-refractivity contribution in [2.75, 3.05) is 6.61 Å². The Morgan fingerprint density at radius 1 is 1.29 bits per heavy atom. The third-order valence-corrected chi connectivity index (χ3v) is 2.61. The molecule has 0 amide bonds. The van der Waals surface area contributed by atoms with E-state index in [0.29, 0.717) is 13.0 Å². The Morgan fingerprint density at radius 3 is 2.59 bits per heavy atom. The number of carboxylic acids is 1. The van der Waals surface area contributed by atoms with Gasteiger partial charge in [0.05, 0.1) is 0 Å². The maximum atomic E-state index is 11.0. The number of unbranched alkanes of at least 4 members (excludes halogenated alkanes) is 2. The molecule has 0 saturated heterocycles. The summed E-state index contributed by atoms with van der Waals surface area (Å²) < 4.78 is 5.41. The molecule has 1 aromatic carbocycles. The van der Waals surface area contributed by atoms with Crippen LogP contribution in [0.2, 0.25) is 0 Å². The van der Waals surface area contributed by atoms with Crippen LogP contribution in [0.25, 0.3) is 0 Å². The molecular formula is C14H20O3. The molecule has 0 aliphatic carbocycles. The van der Waals surface area contributed by atoms with E-state index in [0.717, 1.165) is 24.8 Å². The van der Waals surface area contributed by atoms with Gasteiger partial charge >= 0.3 is 5.97 Å². The van der Waals surface area contributed by atoms with Crippen molar-refractivity contribution >= 4 is 5.97 Å². The van der Waals surface area contributed by atoms with Gasteiger partial charge < -0.3 is 9.84 Å². The summed E-state index contributed by atoms with van der Waals surface area (Å²) in [7, 11) is 0. The summed E-state index contributed by atoms with van der Waals surface area (Å²) in [6.45, 7) is 2.64. The minimum Gasteiger partial charge on any atom is -0.479 e. The van der Waals surface area contributed by atoms with E-state index in [2.05, 4.69) is 6.92 Å². The molecule has 3 heteroatoms. The Kier molecular flexibility index (Phi) is 6.33. The van der Waals surface area contributed by atoms with Crippen molar-refractivity contribution < 1.29 is 14.6 Å². The van der Waals surface area contributed by atoms with Gasteiger partial charge in [-0.2, -0.15) is 0 Å². The van der Waals surface area contributed by atoms with Gasteiger partial charge in [-0.15, -0.1) is 0 Å². The smallest absolute Gasteiger partial charge is 0.333 e. The van der Waals surface area contributed by atoms with Gasteiger partial charge in [-0.3, -0.25) is 0 Å². The average Bonchev–Trinajstić information content (AvgIpc) is 2.34. The first-order chi connectivity index (χ1) is 8.24. The Morgan fingerprint density at radius 2 is 2.00 bits per heavy atom. The number of benzene rings is 1. The first kappa shape index (κ1) is 13.7. The molecule has 1 atom stereocenters. The van der Waals surface area contributed by atoms with Crippen LogP contribution < -0.4 is 0 Å². The standard InChI is InChI=1S/C14H20O3/c1-2-3-7-10-17-13(14(15)16)11-12-8-5-4-6-9-12/h4-6,8-9,13H,2-3,7,10-11H2,1H3,(H,15,16). The van der Waals surface area contributed by atoms with Gasteiger partial charge in [0.2, 0.25) is 0 Å². The lowest BCUT2D eigenvalue weighted by Crippen LogP contribution is -2.26. The molecule has 1 rings (SSSR count). The molecule has 1 N–H and O–H groups in total. The second-order valence-corrected chi connectivity index (χ2v) is 4.09. The maximum Gasteiger partial charge on any atom is 0.333 e. The highest BCUT2D eigenvalue weighted by molar-refractivity contribution is 5.72. The van der Waals surface area contributed by atoms with Gasteiger partial charge in [0, 0.05) is 13.0 Å². The molecule has 0 spiro atoms. The van der Waals surface area contributed by atoms with Gasteiger partial charge in [-0.05, 0) is 12.0 Å². The minimum atomic E-state index is -0.884. The van der Waals surface area contributed by atoms with E-state index in [1.807, 2.05) is 30.3 Å². The van der Waals surface area contributed by atoms with E-state index in [1.165, 1.54) is 0 Å². The van der Waals surface area contributed by atoms with Crippen molar-refractivity contribution in [3.63, 3.8) is 0 Å². The van der Waals surface area contributed by atoms with Crippen molar-refractivity contribution in [3.8, 4) is 0 Å². The summed E-state index contributed by atoms with van der Waals surface area (Å²) in [5.41, 5.74) is 0.996. The van der Waals surface area contributed by atoms with Gasteiger partial charge in [0.15, 0.2) is 6.10 Å². The molecule has 0 radical (unpaired) electrons. The van der Waals surface area contributed by atoms with Crippen molar-refractivity contribution in [1.29, 1.82) is 0 Å². The predicted octanol–water partition coefficient (Wildman–Crippen LogP) is 2.89. The zero-order chi connectivity index (χ0) is 12.5. The van der Waals surface area contributed by atoms with Crippen LogP contribution in [0.15, 0.2) is 30.3 Å². The monoisotopic (exact) mass is 236 g/mol. The summed E-state index contributed by atoms with van der Waals surface area (Å²) in [5.74, 6) is -0.884. The first-order valence-electron chi connectivity index (χ1n) is 6.12. The normalized spacial score (nSPS) is 12.3. The van der Waals surface area contributed by atoms with Crippen LogP contribution in [-0.4, -0.2) is 23.8 Å². The van der Waals surface area contributed by atoms with Crippen LogP contribution in [0.1, 0.15) is 31.7 Å². The second-order valence-electron chi connectivity index (χ2n) is 4.09. The first-order valence-corrected chi connectivity index (χ1v) is 6.12. The number of carbonyl (C=O) groups is 1. The van der Waals surface area contributed by atoms with E-state index in [4.69, 9.17) is 9.84 Å². The summed E-state index contributed by atoms with van der Waals surface area (Å²) >= 11 is 0. The molecule has 0 aliphatic rings.